The summed E-state index contributed by atoms with van der Waals surface area (Å²) in [5.41, 5.74) is 6.55. The molecule has 0 saturated heterocycles. The zero-order valence-electron chi connectivity index (χ0n) is 11.5. The van der Waals surface area contributed by atoms with Gasteiger partial charge in [-0.1, -0.05) is 11.6 Å². The highest BCUT2D eigenvalue weighted by atomic mass is 35.5. The third kappa shape index (κ3) is 5.02. The lowest BCUT2D eigenvalue weighted by atomic mass is 10.2. The summed E-state index contributed by atoms with van der Waals surface area (Å²) < 4.78 is 23.2. The van der Waals surface area contributed by atoms with Crippen LogP contribution in [0.25, 0.3) is 0 Å². The zero-order chi connectivity index (χ0) is 15.3. The Hall–Kier alpha value is -1.27. The van der Waals surface area contributed by atoms with Gasteiger partial charge in [-0.3, -0.25) is 4.79 Å². The number of rotatable bonds is 6. The number of carbonyl (C=O) groups excluding carboxylic acids is 1. The molecule has 1 aromatic rings. The molecule has 0 saturated carbocycles. The lowest BCUT2D eigenvalue weighted by Gasteiger charge is -2.08. The summed E-state index contributed by atoms with van der Waals surface area (Å²) in [5, 5.41) is 2.66. The van der Waals surface area contributed by atoms with E-state index in [2.05, 4.69) is 5.32 Å². The van der Waals surface area contributed by atoms with E-state index in [1.807, 2.05) is 0 Å². The Morgan fingerprint density at radius 1 is 1.40 bits per heavy atom. The molecule has 3 N–H and O–H groups in total. The van der Waals surface area contributed by atoms with Gasteiger partial charge in [0.25, 0.3) is 0 Å². The Morgan fingerprint density at radius 3 is 2.60 bits per heavy atom. The number of carbonyl (C=O) groups is 1. The number of nitrogen functional groups attached to an aromatic ring is 1. The first-order valence-corrected chi connectivity index (χ1v) is 8.38. The van der Waals surface area contributed by atoms with E-state index in [0.717, 1.165) is 0 Å². The molecule has 5 nitrogen and oxygen atoms in total. The normalized spacial score (nSPS) is 11.6. The van der Waals surface area contributed by atoms with Crippen molar-refractivity contribution < 1.29 is 13.2 Å². The Balaban J connectivity index is 2.47. The molecule has 112 valence electrons. The van der Waals surface area contributed by atoms with Gasteiger partial charge >= 0.3 is 0 Å². The predicted octanol–water partition coefficient (Wildman–Crippen LogP) is 2.46. The largest absolute Gasteiger partial charge is 0.397 e. The molecule has 1 aromatic carbocycles. The second-order valence-electron chi connectivity index (χ2n) is 4.80. The third-order valence-electron chi connectivity index (χ3n) is 2.83. The number of halogens is 1. The number of nitrogens with two attached hydrogens (primary N) is 1. The van der Waals surface area contributed by atoms with Crippen molar-refractivity contribution in [1.82, 2.24) is 0 Å². The van der Waals surface area contributed by atoms with Crippen molar-refractivity contribution in [2.75, 3.05) is 16.8 Å². The number of hydrogen-bond donors (Lipinski definition) is 2. The van der Waals surface area contributed by atoms with Gasteiger partial charge in [-0.15, -0.1) is 0 Å². The minimum Gasteiger partial charge on any atom is -0.397 e. The molecule has 0 aliphatic carbocycles. The lowest BCUT2D eigenvalue weighted by Crippen LogP contribution is -2.19. The molecular formula is C13H19ClN2O3S. The maximum atomic E-state index is 11.7. The highest BCUT2D eigenvalue weighted by molar-refractivity contribution is 7.91. The number of benzene rings is 1. The Bertz CT molecular complexity index is 585. The van der Waals surface area contributed by atoms with Gasteiger partial charge in [0.2, 0.25) is 5.91 Å². The minimum absolute atomic E-state index is 0.0147. The average Bonchev–Trinajstić information content (AvgIpc) is 2.33. The van der Waals surface area contributed by atoms with Crippen LogP contribution >= 0.6 is 11.6 Å². The Labute approximate surface area is 124 Å². The molecule has 1 amide bonds. The van der Waals surface area contributed by atoms with E-state index in [1.165, 1.54) is 0 Å². The molecular weight excluding hydrogens is 300 g/mol. The molecule has 0 fully saturated rings. The molecule has 0 bridgehead atoms. The van der Waals surface area contributed by atoms with Crippen molar-refractivity contribution in [3.05, 3.63) is 23.2 Å². The van der Waals surface area contributed by atoms with Crippen molar-refractivity contribution in [1.29, 1.82) is 0 Å². The summed E-state index contributed by atoms with van der Waals surface area (Å²) in [4.78, 5) is 11.7. The fraction of sp³-hybridized carbons (Fsp3) is 0.462. The van der Waals surface area contributed by atoms with Crippen LogP contribution in [0, 0.1) is 0 Å². The molecule has 0 atom stereocenters. The SMILES string of the molecule is CC(C)S(=O)(=O)CCCC(=O)Nc1ccc(Cl)c(N)c1. The fourth-order valence-corrected chi connectivity index (χ4v) is 2.65. The highest BCUT2D eigenvalue weighted by Gasteiger charge is 2.16. The van der Waals surface area contributed by atoms with E-state index in [9.17, 15) is 13.2 Å². The summed E-state index contributed by atoms with van der Waals surface area (Å²) >= 11 is 5.78. The van der Waals surface area contributed by atoms with Crippen LogP contribution in [-0.2, 0) is 14.6 Å². The van der Waals surface area contributed by atoms with Crippen molar-refractivity contribution >= 4 is 38.7 Å². The van der Waals surface area contributed by atoms with E-state index in [0.29, 0.717) is 22.8 Å². The van der Waals surface area contributed by atoms with Gasteiger partial charge in [-0.2, -0.15) is 0 Å². The minimum atomic E-state index is -3.10. The maximum absolute atomic E-state index is 11.7. The zero-order valence-corrected chi connectivity index (χ0v) is 13.1. The van der Waals surface area contributed by atoms with E-state index < -0.39 is 15.1 Å². The molecule has 0 aromatic heterocycles. The first kappa shape index (κ1) is 16.8. The van der Waals surface area contributed by atoms with Crippen LogP contribution in [0.15, 0.2) is 18.2 Å². The highest BCUT2D eigenvalue weighted by Crippen LogP contribution is 2.22. The molecule has 7 heteroatoms. The van der Waals surface area contributed by atoms with Gasteiger partial charge in [0.15, 0.2) is 9.84 Å². The van der Waals surface area contributed by atoms with Gasteiger partial charge in [-0.05, 0) is 38.5 Å². The van der Waals surface area contributed by atoms with Crippen LogP contribution in [-0.4, -0.2) is 25.3 Å². The van der Waals surface area contributed by atoms with Crippen LogP contribution in [0.5, 0.6) is 0 Å². The Kier molecular flexibility index (Phi) is 5.83. The van der Waals surface area contributed by atoms with Gasteiger partial charge in [-0.25, -0.2) is 8.42 Å². The monoisotopic (exact) mass is 318 g/mol. The van der Waals surface area contributed by atoms with Crippen molar-refractivity contribution in [3.63, 3.8) is 0 Å². The number of nitrogens with one attached hydrogen (secondary N) is 1. The van der Waals surface area contributed by atoms with E-state index >= 15 is 0 Å². The smallest absolute Gasteiger partial charge is 0.224 e. The first-order valence-electron chi connectivity index (χ1n) is 6.29. The topological polar surface area (TPSA) is 89.3 Å². The molecule has 1 rings (SSSR count). The number of hydrogen-bond acceptors (Lipinski definition) is 4. The second-order valence-corrected chi connectivity index (χ2v) is 7.89. The summed E-state index contributed by atoms with van der Waals surface area (Å²) in [5.74, 6) is -0.230. The second kappa shape index (κ2) is 6.95. The van der Waals surface area contributed by atoms with E-state index in [4.69, 9.17) is 17.3 Å². The van der Waals surface area contributed by atoms with Gasteiger partial charge in [0, 0.05) is 12.1 Å². The van der Waals surface area contributed by atoms with Crippen molar-refractivity contribution in [2.45, 2.75) is 31.9 Å². The van der Waals surface area contributed by atoms with E-state index in [-0.39, 0.29) is 18.1 Å². The fourth-order valence-electron chi connectivity index (χ4n) is 1.51. The standard InChI is InChI=1S/C13H19ClN2O3S/c1-9(2)20(18,19)7-3-4-13(17)16-10-5-6-11(14)12(15)8-10/h5-6,8-9H,3-4,7,15H2,1-2H3,(H,16,17). The van der Waals surface area contributed by atoms with Crippen molar-refractivity contribution in [2.24, 2.45) is 0 Å². The summed E-state index contributed by atoms with van der Waals surface area (Å²) in [6.45, 7) is 3.26. The molecule has 0 heterocycles. The molecule has 0 unspecified atom stereocenters. The lowest BCUT2D eigenvalue weighted by molar-refractivity contribution is -0.116. The van der Waals surface area contributed by atoms with Gasteiger partial charge < -0.3 is 11.1 Å². The number of sulfone groups is 1. The van der Waals surface area contributed by atoms with Crippen LogP contribution in [0.3, 0.4) is 0 Å². The quantitative estimate of drug-likeness (QED) is 0.788. The van der Waals surface area contributed by atoms with Gasteiger partial charge in [0.1, 0.15) is 0 Å². The molecule has 0 radical (unpaired) electrons. The summed E-state index contributed by atoms with van der Waals surface area (Å²) in [6.07, 6.45) is 0.448. The van der Waals surface area contributed by atoms with Crippen LogP contribution in [0.1, 0.15) is 26.7 Å². The van der Waals surface area contributed by atoms with Crippen LogP contribution in [0.4, 0.5) is 11.4 Å². The Morgan fingerprint density at radius 2 is 2.05 bits per heavy atom. The molecule has 0 aliphatic rings. The van der Waals surface area contributed by atoms with Crippen molar-refractivity contribution in [3.8, 4) is 0 Å². The van der Waals surface area contributed by atoms with E-state index in [1.54, 1.807) is 32.0 Å². The first-order chi connectivity index (χ1) is 9.22. The van der Waals surface area contributed by atoms with Crippen LogP contribution < -0.4 is 11.1 Å². The molecule has 0 aliphatic heterocycles. The molecule has 20 heavy (non-hydrogen) atoms. The van der Waals surface area contributed by atoms with Crippen LogP contribution in [0.2, 0.25) is 5.02 Å². The average molecular weight is 319 g/mol. The number of amides is 1. The third-order valence-corrected chi connectivity index (χ3v) is 5.47. The maximum Gasteiger partial charge on any atom is 0.224 e. The number of anilines is 2. The predicted molar refractivity (Wildman–Crippen MR) is 82.7 cm³/mol. The van der Waals surface area contributed by atoms with Gasteiger partial charge in [0.05, 0.1) is 21.7 Å². The molecule has 0 spiro atoms. The summed E-state index contributed by atoms with van der Waals surface area (Å²) in [6, 6.07) is 4.79. The summed E-state index contributed by atoms with van der Waals surface area (Å²) in [7, 11) is -3.10.